The van der Waals surface area contributed by atoms with Crippen LogP contribution in [-0.4, -0.2) is 17.9 Å². The van der Waals surface area contributed by atoms with Gasteiger partial charge in [0.2, 0.25) is 0 Å². The first-order valence-corrected chi connectivity index (χ1v) is 9.64. The van der Waals surface area contributed by atoms with Crippen molar-refractivity contribution >= 4 is 23.1 Å². The predicted octanol–water partition coefficient (Wildman–Crippen LogP) is 4.39. The normalized spacial score (nSPS) is 36.0. The molecule has 4 aliphatic rings. The van der Waals surface area contributed by atoms with Gasteiger partial charge in [0.15, 0.2) is 11.9 Å². The van der Waals surface area contributed by atoms with Crippen molar-refractivity contribution in [2.45, 2.75) is 58.5 Å². The van der Waals surface area contributed by atoms with E-state index in [1.807, 2.05) is 18.4 Å². The number of rotatable bonds is 4. The smallest absolute Gasteiger partial charge is 0.349 e. The van der Waals surface area contributed by atoms with E-state index in [0.29, 0.717) is 4.88 Å². The van der Waals surface area contributed by atoms with E-state index >= 15 is 0 Å². The largest absolute Gasteiger partial charge is 0.450 e. The maximum absolute atomic E-state index is 13.1. The number of carbonyl (C=O) groups excluding carboxylic acids is 2. The van der Waals surface area contributed by atoms with Crippen LogP contribution in [0.1, 0.15) is 60.7 Å². The fourth-order valence-corrected chi connectivity index (χ4v) is 6.50. The lowest BCUT2D eigenvalue weighted by molar-refractivity contribution is -0.152. The van der Waals surface area contributed by atoms with Crippen molar-refractivity contribution in [3.05, 3.63) is 21.9 Å². The second kappa shape index (κ2) is 5.44. The van der Waals surface area contributed by atoms with Crippen molar-refractivity contribution in [1.29, 1.82) is 0 Å². The first-order valence-electron chi connectivity index (χ1n) is 8.76. The molecule has 4 bridgehead atoms. The summed E-state index contributed by atoms with van der Waals surface area (Å²) in [6.45, 7) is 3.67. The summed E-state index contributed by atoms with van der Waals surface area (Å²) in [7, 11) is 0. The van der Waals surface area contributed by atoms with Crippen LogP contribution in [0, 0.1) is 30.1 Å². The van der Waals surface area contributed by atoms with Gasteiger partial charge in [0.05, 0.1) is 0 Å². The van der Waals surface area contributed by atoms with Gasteiger partial charge < -0.3 is 4.74 Å². The van der Waals surface area contributed by atoms with Crippen molar-refractivity contribution in [2.24, 2.45) is 23.2 Å². The molecule has 3 nitrogen and oxygen atoms in total. The van der Waals surface area contributed by atoms with Gasteiger partial charge >= 0.3 is 5.97 Å². The van der Waals surface area contributed by atoms with Crippen LogP contribution in [0.3, 0.4) is 0 Å². The molecule has 4 aliphatic carbocycles. The van der Waals surface area contributed by atoms with Gasteiger partial charge in [0.25, 0.3) is 0 Å². The molecule has 0 amide bonds. The third-order valence-corrected chi connectivity index (χ3v) is 7.26. The minimum atomic E-state index is -0.625. The molecule has 0 radical (unpaired) electrons. The van der Waals surface area contributed by atoms with Gasteiger partial charge in [-0.05, 0) is 87.1 Å². The SMILES string of the molecule is Cc1ccsc1C(=O)O[C@H](C)C(=O)C12CC3CC(CC(C3)C1)C2. The Kier molecular flexibility index (Phi) is 3.63. The second-order valence-electron chi connectivity index (χ2n) is 8.04. The first-order chi connectivity index (χ1) is 11.0. The van der Waals surface area contributed by atoms with Crippen LogP contribution in [0.25, 0.3) is 0 Å². The number of hydrogen-bond donors (Lipinski definition) is 0. The number of hydrogen-bond acceptors (Lipinski definition) is 4. The molecule has 1 aromatic heterocycles. The van der Waals surface area contributed by atoms with E-state index in [1.54, 1.807) is 6.92 Å². The molecule has 4 saturated carbocycles. The fraction of sp³-hybridized carbons (Fsp3) is 0.684. The van der Waals surface area contributed by atoms with E-state index in [1.165, 1.54) is 30.6 Å². The van der Waals surface area contributed by atoms with Gasteiger partial charge in [-0.25, -0.2) is 4.79 Å². The number of aryl methyl sites for hydroxylation is 1. The minimum absolute atomic E-state index is 0.180. The molecule has 0 aliphatic heterocycles. The molecule has 1 heterocycles. The van der Waals surface area contributed by atoms with Crippen molar-refractivity contribution < 1.29 is 14.3 Å². The highest BCUT2D eigenvalue weighted by molar-refractivity contribution is 7.12. The molecule has 4 fully saturated rings. The van der Waals surface area contributed by atoms with Gasteiger partial charge in [0.1, 0.15) is 4.88 Å². The van der Waals surface area contributed by atoms with Crippen LogP contribution >= 0.6 is 11.3 Å². The highest BCUT2D eigenvalue weighted by Gasteiger charge is 2.55. The van der Waals surface area contributed by atoms with Crippen molar-refractivity contribution in [3.8, 4) is 0 Å². The topological polar surface area (TPSA) is 43.4 Å². The minimum Gasteiger partial charge on any atom is -0.450 e. The Hall–Kier alpha value is -1.16. The summed E-state index contributed by atoms with van der Waals surface area (Å²) in [6.07, 6.45) is 6.40. The highest BCUT2D eigenvalue weighted by Crippen LogP contribution is 2.60. The Morgan fingerprint density at radius 3 is 2.22 bits per heavy atom. The lowest BCUT2D eigenvalue weighted by Crippen LogP contribution is -2.52. The van der Waals surface area contributed by atoms with Gasteiger partial charge in [-0.3, -0.25) is 4.79 Å². The summed E-state index contributed by atoms with van der Waals surface area (Å²) in [4.78, 5) is 26.0. The van der Waals surface area contributed by atoms with Crippen LogP contribution in [0.2, 0.25) is 0 Å². The molecule has 5 rings (SSSR count). The Morgan fingerprint density at radius 2 is 1.74 bits per heavy atom. The van der Waals surface area contributed by atoms with E-state index in [4.69, 9.17) is 4.74 Å². The van der Waals surface area contributed by atoms with E-state index in [-0.39, 0.29) is 17.2 Å². The van der Waals surface area contributed by atoms with Crippen molar-refractivity contribution in [2.75, 3.05) is 0 Å². The summed E-state index contributed by atoms with van der Waals surface area (Å²) in [5.41, 5.74) is 0.730. The molecule has 0 N–H and O–H groups in total. The second-order valence-corrected chi connectivity index (χ2v) is 8.96. The van der Waals surface area contributed by atoms with Crippen LogP contribution in [0.4, 0.5) is 0 Å². The van der Waals surface area contributed by atoms with Gasteiger partial charge in [-0.2, -0.15) is 0 Å². The molecule has 4 heteroatoms. The number of carbonyl (C=O) groups is 2. The lowest BCUT2D eigenvalue weighted by Gasteiger charge is -2.56. The third-order valence-electron chi connectivity index (χ3n) is 6.26. The molecule has 0 unspecified atom stereocenters. The zero-order chi connectivity index (χ0) is 16.2. The Labute approximate surface area is 141 Å². The zero-order valence-corrected chi connectivity index (χ0v) is 14.7. The van der Waals surface area contributed by atoms with Crippen LogP contribution in [-0.2, 0) is 9.53 Å². The summed E-state index contributed by atoms with van der Waals surface area (Å²) < 4.78 is 5.55. The quantitative estimate of drug-likeness (QED) is 0.768. The summed E-state index contributed by atoms with van der Waals surface area (Å²) >= 11 is 1.38. The standard InChI is InChI=1S/C19H24O3S/c1-11-3-4-23-16(11)18(21)22-12(2)17(20)19-8-13-5-14(9-19)7-15(6-13)10-19/h3-4,12-15H,5-10H2,1-2H3/t12-,13?,14?,15?,19?/m1/s1. The molecule has 124 valence electrons. The van der Waals surface area contributed by atoms with E-state index in [9.17, 15) is 9.59 Å². The molecule has 0 aromatic carbocycles. The number of Topliss-reactive ketones (excluding diaryl/α,β-unsaturated/α-hetero) is 1. The maximum atomic E-state index is 13.1. The Balaban J connectivity index is 1.48. The van der Waals surface area contributed by atoms with E-state index < -0.39 is 6.10 Å². The zero-order valence-electron chi connectivity index (χ0n) is 13.8. The maximum Gasteiger partial charge on any atom is 0.349 e. The van der Waals surface area contributed by atoms with E-state index in [0.717, 1.165) is 42.6 Å². The molecule has 1 atom stereocenters. The van der Waals surface area contributed by atoms with Gasteiger partial charge in [-0.1, -0.05) is 0 Å². The molecule has 23 heavy (non-hydrogen) atoms. The summed E-state index contributed by atoms with van der Waals surface area (Å²) in [6, 6.07) is 1.91. The Bertz CT molecular complexity index is 610. The number of thiophene rings is 1. The molecular weight excluding hydrogens is 308 g/mol. The number of ketones is 1. The first kappa shape index (κ1) is 15.4. The van der Waals surface area contributed by atoms with Crippen LogP contribution < -0.4 is 0 Å². The fourth-order valence-electron chi connectivity index (χ4n) is 5.69. The van der Waals surface area contributed by atoms with Crippen LogP contribution in [0.15, 0.2) is 11.4 Å². The molecule has 0 saturated heterocycles. The average Bonchev–Trinajstić information content (AvgIpc) is 2.91. The average molecular weight is 332 g/mol. The third kappa shape index (κ3) is 2.55. The number of esters is 1. The summed E-state index contributed by atoms with van der Waals surface area (Å²) in [5, 5.41) is 1.89. The molecule has 1 aromatic rings. The predicted molar refractivity (Wildman–Crippen MR) is 89.5 cm³/mol. The lowest BCUT2D eigenvalue weighted by atomic mass is 9.48. The van der Waals surface area contributed by atoms with Gasteiger partial charge in [-0.15, -0.1) is 11.3 Å². The van der Waals surface area contributed by atoms with Crippen molar-refractivity contribution in [3.63, 3.8) is 0 Å². The Morgan fingerprint density at radius 1 is 1.17 bits per heavy atom. The van der Waals surface area contributed by atoms with Crippen LogP contribution in [0.5, 0.6) is 0 Å². The number of ether oxygens (including phenoxy) is 1. The van der Waals surface area contributed by atoms with Gasteiger partial charge in [0, 0.05) is 5.41 Å². The van der Waals surface area contributed by atoms with E-state index in [2.05, 4.69) is 0 Å². The summed E-state index contributed by atoms with van der Waals surface area (Å²) in [5.74, 6) is 2.02. The highest BCUT2D eigenvalue weighted by atomic mass is 32.1. The monoisotopic (exact) mass is 332 g/mol. The molecular formula is C19H24O3S. The molecule has 0 spiro atoms. The van der Waals surface area contributed by atoms with Crippen molar-refractivity contribution in [1.82, 2.24) is 0 Å².